The highest BCUT2D eigenvalue weighted by molar-refractivity contribution is 5.93. The van der Waals surface area contributed by atoms with Crippen molar-refractivity contribution in [1.29, 1.82) is 0 Å². The molecule has 0 aliphatic rings. The van der Waals surface area contributed by atoms with Crippen LogP contribution in [0.25, 0.3) is 0 Å². The molecule has 19 heavy (non-hydrogen) atoms. The highest BCUT2D eigenvalue weighted by Gasteiger charge is 2.18. The molecular weight excluding hydrogens is 248 g/mol. The van der Waals surface area contributed by atoms with Crippen LogP contribution in [0.4, 0.5) is 0 Å². The van der Waals surface area contributed by atoms with Crippen LogP contribution in [-0.4, -0.2) is 27.9 Å². The fourth-order valence-corrected chi connectivity index (χ4v) is 1.79. The molecule has 5 heteroatoms. The Balaban J connectivity index is 2.58. The summed E-state index contributed by atoms with van der Waals surface area (Å²) in [4.78, 5) is 11.0. The normalized spacial score (nSPS) is 10.6. The van der Waals surface area contributed by atoms with Crippen LogP contribution < -0.4 is 0 Å². The standard InChI is InChI=1S/C14H20O5/c1-2-3-4-5-8-19-9-10-6-7-11(15)13(16)12(10)14(17)18/h6-7,15-16H,2-5,8-9H2,1H3,(H,17,18). The van der Waals surface area contributed by atoms with Gasteiger partial charge in [-0.2, -0.15) is 0 Å². The number of benzene rings is 1. The molecule has 0 spiro atoms. The number of phenols is 2. The van der Waals surface area contributed by atoms with Crippen molar-refractivity contribution in [3.05, 3.63) is 23.3 Å². The molecule has 0 aliphatic heterocycles. The molecule has 0 fully saturated rings. The second-order valence-corrected chi connectivity index (χ2v) is 4.39. The highest BCUT2D eigenvalue weighted by atomic mass is 16.5. The number of aromatic hydroxyl groups is 2. The highest BCUT2D eigenvalue weighted by Crippen LogP contribution is 2.31. The van der Waals surface area contributed by atoms with Crippen LogP contribution in [-0.2, 0) is 11.3 Å². The predicted octanol–water partition coefficient (Wildman–Crippen LogP) is 2.89. The maximum atomic E-state index is 11.0. The molecule has 3 N–H and O–H groups in total. The van der Waals surface area contributed by atoms with Crippen LogP contribution in [0.15, 0.2) is 12.1 Å². The zero-order valence-corrected chi connectivity index (χ0v) is 11.1. The first-order chi connectivity index (χ1) is 9.07. The van der Waals surface area contributed by atoms with Gasteiger partial charge in [-0.15, -0.1) is 0 Å². The lowest BCUT2D eigenvalue weighted by Gasteiger charge is -2.10. The molecule has 1 rings (SSSR count). The average Bonchev–Trinajstić information content (AvgIpc) is 2.37. The van der Waals surface area contributed by atoms with Crippen LogP contribution in [0.2, 0.25) is 0 Å². The first kappa shape index (κ1) is 15.3. The van der Waals surface area contributed by atoms with E-state index in [4.69, 9.17) is 9.84 Å². The number of carboxylic acids is 1. The number of carbonyl (C=O) groups is 1. The Bertz CT molecular complexity index is 428. The Morgan fingerprint density at radius 3 is 2.58 bits per heavy atom. The number of ether oxygens (including phenoxy) is 1. The summed E-state index contributed by atoms with van der Waals surface area (Å²) < 4.78 is 5.40. The van der Waals surface area contributed by atoms with E-state index in [1.165, 1.54) is 12.1 Å². The van der Waals surface area contributed by atoms with E-state index in [2.05, 4.69) is 6.92 Å². The SMILES string of the molecule is CCCCCCOCc1ccc(O)c(O)c1C(=O)O. The minimum absolute atomic E-state index is 0.113. The van der Waals surface area contributed by atoms with Gasteiger partial charge in [0.15, 0.2) is 11.5 Å². The number of hydrogen-bond donors (Lipinski definition) is 3. The Morgan fingerprint density at radius 2 is 1.95 bits per heavy atom. The molecule has 0 heterocycles. The van der Waals surface area contributed by atoms with Gasteiger partial charge in [0.2, 0.25) is 0 Å². The molecule has 0 saturated carbocycles. The maximum absolute atomic E-state index is 11.0. The molecule has 0 amide bonds. The van der Waals surface area contributed by atoms with Crippen LogP contribution in [0.3, 0.4) is 0 Å². The third kappa shape index (κ3) is 4.44. The lowest BCUT2D eigenvalue weighted by Crippen LogP contribution is -2.05. The minimum Gasteiger partial charge on any atom is -0.504 e. The molecule has 0 aromatic heterocycles. The van der Waals surface area contributed by atoms with Crippen molar-refractivity contribution in [3.8, 4) is 11.5 Å². The molecular formula is C14H20O5. The topological polar surface area (TPSA) is 87.0 Å². The van der Waals surface area contributed by atoms with E-state index in [0.29, 0.717) is 12.2 Å². The van der Waals surface area contributed by atoms with Crippen LogP contribution in [0.5, 0.6) is 11.5 Å². The lowest BCUT2D eigenvalue weighted by atomic mass is 10.1. The van der Waals surface area contributed by atoms with Crippen molar-refractivity contribution in [3.63, 3.8) is 0 Å². The summed E-state index contributed by atoms with van der Waals surface area (Å²) in [5.41, 5.74) is 0.0619. The molecule has 0 unspecified atom stereocenters. The van der Waals surface area contributed by atoms with Gasteiger partial charge < -0.3 is 20.1 Å². The van der Waals surface area contributed by atoms with Crippen molar-refractivity contribution in [2.75, 3.05) is 6.61 Å². The fourth-order valence-electron chi connectivity index (χ4n) is 1.79. The van der Waals surface area contributed by atoms with Crippen LogP contribution >= 0.6 is 0 Å². The summed E-state index contributed by atoms with van der Waals surface area (Å²) in [6, 6.07) is 2.71. The van der Waals surface area contributed by atoms with Gasteiger partial charge >= 0.3 is 5.97 Å². The number of aromatic carboxylic acids is 1. The number of phenolic OH excluding ortho intramolecular Hbond substituents is 1. The zero-order chi connectivity index (χ0) is 14.3. The zero-order valence-electron chi connectivity index (χ0n) is 11.1. The molecule has 0 bridgehead atoms. The molecule has 0 atom stereocenters. The monoisotopic (exact) mass is 268 g/mol. The molecule has 106 valence electrons. The van der Waals surface area contributed by atoms with E-state index >= 15 is 0 Å². The van der Waals surface area contributed by atoms with E-state index in [1.807, 2.05) is 0 Å². The van der Waals surface area contributed by atoms with Gasteiger partial charge in [0.25, 0.3) is 0 Å². The van der Waals surface area contributed by atoms with Crippen molar-refractivity contribution in [2.45, 2.75) is 39.2 Å². The summed E-state index contributed by atoms with van der Waals surface area (Å²) >= 11 is 0. The van der Waals surface area contributed by atoms with E-state index in [9.17, 15) is 15.0 Å². The minimum atomic E-state index is -1.28. The second kappa shape index (κ2) is 7.63. The summed E-state index contributed by atoms with van der Waals surface area (Å²) in [6.07, 6.45) is 4.32. The van der Waals surface area contributed by atoms with E-state index in [0.717, 1.165) is 25.7 Å². The van der Waals surface area contributed by atoms with Gasteiger partial charge in [-0.1, -0.05) is 32.3 Å². The smallest absolute Gasteiger partial charge is 0.339 e. The fraction of sp³-hybridized carbons (Fsp3) is 0.500. The Kier molecular flexibility index (Phi) is 6.15. The first-order valence-electron chi connectivity index (χ1n) is 6.42. The third-order valence-electron chi connectivity index (χ3n) is 2.86. The first-order valence-corrected chi connectivity index (χ1v) is 6.42. The third-order valence-corrected chi connectivity index (χ3v) is 2.86. The maximum Gasteiger partial charge on any atom is 0.339 e. The van der Waals surface area contributed by atoms with Crippen molar-refractivity contribution >= 4 is 5.97 Å². The van der Waals surface area contributed by atoms with Crippen molar-refractivity contribution in [1.82, 2.24) is 0 Å². The van der Waals surface area contributed by atoms with Gasteiger partial charge in [-0.3, -0.25) is 0 Å². The Labute approximate surface area is 112 Å². The lowest BCUT2D eigenvalue weighted by molar-refractivity contribution is 0.0682. The van der Waals surface area contributed by atoms with Gasteiger partial charge in [0, 0.05) is 6.61 Å². The van der Waals surface area contributed by atoms with Crippen molar-refractivity contribution < 1.29 is 24.9 Å². The molecule has 0 aliphatic carbocycles. The molecule has 0 radical (unpaired) electrons. The number of unbranched alkanes of at least 4 members (excludes halogenated alkanes) is 3. The van der Waals surface area contributed by atoms with Crippen molar-refractivity contribution in [2.24, 2.45) is 0 Å². The largest absolute Gasteiger partial charge is 0.504 e. The summed E-state index contributed by atoms with van der Waals surface area (Å²) in [7, 11) is 0. The molecule has 5 nitrogen and oxygen atoms in total. The Morgan fingerprint density at radius 1 is 1.21 bits per heavy atom. The number of carboxylic acid groups (broad SMARTS) is 1. The second-order valence-electron chi connectivity index (χ2n) is 4.39. The molecule has 1 aromatic carbocycles. The van der Waals surface area contributed by atoms with Crippen LogP contribution in [0, 0.1) is 0 Å². The Hall–Kier alpha value is -1.75. The average molecular weight is 268 g/mol. The van der Waals surface area contributed by atoms with Gasteiger partial charge in [-0.25, -0.2) is 4.79 Å². The number of rotatable bonds is 8. The quantitative estimate of drug-likeness (QED) is 0.498. The summed E-state index contributed by atoms with van der Waals surface area (Å²) in [5.74, 6) is -2.33. The molecule has 0 saturated heterocycles. The number of hydrogen-bond acceptors (Lipinski definition) is 4. The van der Waals surface area contributed by atoms with Gasteiger partial charge in [0.1, 0.15) is 5.56 Å². The van der Waals surface area contributed by atoms with Crippen LogP contribution in [0.1, 0.15) is 48.5 Å². The summed E-state index contributed by atoms with van der Waals surface area (Å²) in [5, 5.41) is 27.8. The van der Waals surface area contributed by atoms with E-state index < -0.39 is 17.5 Å². The van der Waals surface area contributed by atoms with Gasteiger partial charge in [0.05, 0.1) is 6.61 Å². The van der Waals surface area contributed by atoms with E-state index in [-0.39, 0.29) is 12.2 Å². The summed E-state index contributed by atoms with van der Waals surface area (Å²) in [6.45, 7) is 2.79. The van der Waals surface area contributed by atoms with Gasteiger partial charge in [-0.05, 0) is 18.1 Å². The molecule has 1 aromatic rings. The predicted molar refractivity (Wildman–Crippen MR) is 70.5 cm³/mol. The van der Waals surface area contributed by atoms with E-state index in [1.54, 1.807) is 0 Å².